The van der Waals surface area contributed by atoms with Gasteiger partial charge in [-0.1, -0.05) is 0 Å². The van der Waals surface area contributed by atoms with Crippen LogP contribution in [0.4, 0.5) is 11.6 Å². The third kappa shape index (κ3) is 2.82. The van der Waals surface area contributed by atoms with Crippen molar-refractivity contribution >= 4 is 11.6 Å². The molecule has 1 saturated carbocycles. The number of hydrogen-bond donors (Lipinski definition) is 2. The number of nitrogens with two attached hydrogens (primary N) is 1. The molecular formula is C11H19N5. The van der Waals surface area contributed by atoms with Gasteiger partial charge in [0.2, 0.25) is 0 Å². The van der Waals surface area contributed by atoms with E-state index in [9.17, 15) is 0 Å². The predicted octanol–water partition coefficient (Wildman–Crippen LogP) is 0.953. The Kier molecular flexibility index (Phi) is 3.24. The van der Waals surface area contributed by atoms with E-state index in [1.807, 2.05) is 0 Å². The molecule has 0 aromatic carbocycles. The molecule has 1 aliphatic carbocycles. The minimum absolute atomic E-state index is 0.452. The van der Waals surface area contributed by atoms with Gasteiger partial charge in [0.05, 0.1) is 12.4 Å². The highest BCUT2D eigenvalue weighted by molar-refractivity contribution is 5.38. The van der Waals surface area contributed by atoms with Gasteiger partial charge in [0.1, 0.15) is 11.6 Å². The van der Waals surface area contributed by atoms with E-state index in [1.165, 1.54) is 12.8 Å². The van der Waals surface area contributed by atoms with Crippen molar-refractivity contribution < 1.29 is 0 Å². The zero-order valence-corrected chi connectivity index (χ0v) is 9.85. The molecule has 1 fully saturated rings. The molecule has 1 atom stereocenters. The fourth-order valence-electron chi connectivity index (χ4n) is 1.70. The largest absolute Gasteiger partial charge is 0.382 e. The van der Waals surface area contributed by atoms with Crippen molar-refractivity contribution in [3.8, 4) is 0 Å². The number of rotatable bonds is 5. The first-order valence-electron chi connectivity index (χ1n) is 5.70. The Morgan fingerprint density at radius 3 is 2.94 bits per heavy atom. The van der Waals surface area contributed by atoms with E-state index in [2.05, 4.69) is 34.2 Å². The summed E-state index contributed by atoms with van der Waals surface area (Å²) in [6, 6.07) is 1.28. The lowest BCUT2D eigenvalue weighted by molar-refractivity contribution is 0.257. The quantitative estimate of drug-likeness (QED) is 0.775. The molecular weight excluding hydrogens is 202 g/mol. The molecule has 0 bridgehead atoms. The summed E-state index contributed by atoms with van der Waals surface area (Å²) in [5.74, 6) is 1.20. The van der Waals surface area contributed by atoms with Crippen LogP contribution < -0.4 is 11.1 Å². The zero-order chi connectivity index (χ0) is 11.5. The topological polar surface area (TPSA) is 67.1 Å². The van der Waals surface area contributed by atoms with Crippen LogP contribution >= 0.6 is 0 Å². The number of aromatic nitrogens is 2. The van der Waals surface area contributed by atoms with Crippen LogP contribution in [0.1, 0.15) is 19.8 Å². The van der Waals surface area contributed by atoms with Crippen LogP contribution in [0.3, 0.4) is 0 Å². The maximum absolute atomic E-state index is 5.56. The third-order valence-corrected chi connectivity index (χ3v) is 3.05. The lowest BCUT2D eigenvalue weighted by Crippen LogP contribution is -2.36. The highest BCUT2D eigenvalue weighted by Crippen LogP contribution is 2.26. The van der Waals surface area contributed by atoms with Gasteiger partial charge in [-0.25, -0.2) is 4.98 Å². The first-order valence-corrected chi connectivity index (χ1v) is 5.70. The van der Waals surface area contributed by atoms with E-state index < -0.39 is 0 Å². The van der Waals surface area contributed by atoms with Crippen LogP contribution in [-0.4, -0.2) is 40.5 Å². The van der Waals surface area contributed by atoms with Crippen LogP contribution in [0.5, 0.6) is 0 Å². The molecule has 1 aromatic heterocycles. The van der Waals surface area contributed by atoms with Gasteiger partial charge >= 0.3 is 0 Å². The second-order valence-corrected chi connectivity index (χ2v) is 4.46. The van der Waals surface area contributed by atoms with E-state index in [4.69, 9.17) is 5.73 Å². The summed E-state index contributed by atoms with van der Waals surface area (Å²) < 4.78 is 0. The van der Waals surface area contributed by atoms with Crippen molar-refractivity contribution in [2.45, 2.75) is 31.8 Å². The Labute approximate surface area is 96.1 Å². The molecule has 1 heterocycles. The molecule has 88 valence electrons. The Hall–Kier alpha value is -1.36. The molecule has 0 spiro atoms. The van der Waals surface area contributed by atoms with Gasteiger partial charge < -0.3 is 11.1 Å². The average molecular weight is 221 g/mol. The molecule has 5 heteroatoms. The molecule has 16 heavy (non-hydrogen) atoms. The number of nitrogen functional groups attached to an aromatic ring is 1. The average Bonchev–Trinajstić information content (AvgIpc) is 3.09. The van der Waals surface area contributed by atoms with Gasteiger partial charge in [0, 0.05) is 18.6 Å². The van der Waals surface area contributed by atoms with Gasteiger partial charge in [-0.05, 0) is 26.8 Å². The highest BCUT2D eigenvalue weighted by atomic mass is 15.2. The van der Waals surface area contributed by atoms with E-state index in [0.29, 0.717) is 11.9 Å². The third-order valence-electron chi connectivity index (χ3n) is 3.05. The van der Waals surface area contributed by atoms with Crippen molar-refractivity contribution in [2.75, 3.05) is 24.6 Å². The van der Waals surface area contributed by atoms with Gasteiger partial charge in [0.15, 0.2) is 0 Å². The van der Waals surface area contributed by atoms with Crippen LogP contribution in [0.25, 0.3) is 0 Å². The first kappa shape index (κ1) is 11.1. The monoisotopic (exact) mass is 221 g/mol. The minimum atomic E-state index is 0.452. The van der Waals surface area contributed by atoms with E-state index in [-0.39, 0.29) is 0 Å². The molecule has 5 nitrogen and oxygen atoms in total. The summed E-state index contributed by atoms with van der Waals surface area (Å²) in [7, 11) is 2.18. The summed E-state index contributed by atoms with van der Waals surface area (Å²) in [5, 5.41) is 3.25. The Bertz CT molecular complexity index is 350. The highest BCUT2D eigenvalue weighted by Gasteiger charge is 2.28. The van der Waals surface area contributed by atoms with Crippen LogP contribution in [0.2, 0.25) is 0 Å². The van der Waals surface area contributed by atoms with Crippen molar-refractivity contribution in [1.29, 1.82) is 0 Å². The van der Waals surface area contributed by atoms with Gasteiger partial charge in [0.25, 0.3) is 0 Å². The van der Waals surface area contributed by atoms with Crippen molar-refractivity contribution in [3.63, 3.8) is 0 Å². The number of nitrogens with one attached hydrogen (secondary N) is 1. The number of likely N-dealkylation sites (N-methyl/N-ethyl adjacent to an activating group) is 1. The fraction of sp³-hybridized carbons (Fsp3) is 0.636. The molecule has 0 radical (unpaired) electrons. The van der Waals surface area contributed by atoms with Crippen LogP contribution in [0, 0.1) is 0 Å². The first-order chi connectivity index (χ1) is 7.66. The van der Waals surface area contributed by atoms with Crippen molar-refractivity contribution in [2.24, 2.45) is 0 Å². The van der Waals surface area contributed by atoms with E-state index in [1.54, 1.807) is 12.4 Å². The summed E-state index contributed by atoms with van der Waals surface area (Å²) >= 11 is 0. The second kappa shape index (κ2) is 4.65. The molecule has 1 aromatic rings. The SMILES string of the molecule is CC(CNc1cncc(N)n1)N(C)C1CC1. The standard InChI is InChI=1S/C11H19N5/c1-8(16(2)9-3-4-9)5-14-11-7-13-6-10(12)15-11/h6-9H,3-5H2,1-2H3,(H3,12,14,15). The molecule has 1 aliphatic rings. The molecule has 3 N–H and O–H groups in total. The number of nitrogens with zero attached hydrogens (tertiary/aromatic N) is 3. The Morgan fingerprint density at radius 2 is 2.31 bits per heavy atom. The molecule has 0 amide bonds. The lowest BCUT2D eigenvalue weighted by atomic mass is 10.3. The van der Waals surface area contributed by atoms with Gasteiger partial charge in [-0.15, -0.1) is 0 Å². The maximum Gasteiger partial charge on any atom is 0.147 e. The van der Waals surface area contributed by atoms with Crippen LogP contribution in [-0.2, 0) is 0 Å². The molecule has 2 rings (SSSR count). The maximum atomic E-state index is 5.56. The minimum Gasteiger partial charge on any atom is -0.382 e. The van der Waals surface area contributed by atoms with Gasteiger partial charge in [-0.3, -0.25) is 9.88 Å². The predicted molar refractivity (Wildman–Crippen MR) is 65.2 cm³/mol. The second-order valence-electron chi connectivity index (χ2n) is 4.46. The summed E-state index contributed by atoms with van der Waals surface area (Å²) in [6.45, 7) is 3.08. The van der Waals surface area contributed by atoms with Crippen LogP contribution in [0.15, 0.2) is 12.4 Å². The zero-order valence-electron chi connectivity index (χ0n) is 9.85. The number of anilines is 2. The number of hydrogen-bond acceptors (Lipinski definition) is 5. The van der Waals surface area contributed by atoms with Crippen molar-refractivity contribution in [1.82, 2.24) is 14.9 Å². The molecule has 1 unspecified atom stereocenters. The van der Waals surface area contributed by atoms with E-state index >= 15 is 0 Å². The molecule has 0 aliphatic heterocycles. The van der Waals surface area contributed by atoms with E-state index in [0.717, 1.165) is 18.4 Å². The molecule has 0 saturated heterocycles. The fourth-order valence-corrected chi connectivity index (χ4v) is 1.70. The summed E-state index contributed by atoms with van der Waals surface area (Å²) in [5.41, 5.74) is 5.56. The Balaban J connectivity index is 1.82. The smallest absolute Gasteiger partial charge is 0.147 e. The summed E-state index contributed by atoms with van der Waals surface area (Å²) in [4.78, 5) is 10.6. The van der Waals surface area contributed by atoms with Crippen molar-refractivity contribution in [3.05, 3.63) is 12.4 Å². The summed E-state index contributed by atoms with van der Waals surface area (Å²) in [6.07, 6.45) is 5.91. The normalized spacial score (nSPS) is 17.4. The van der Waals surface area contributed by atoms with Gasteiger partial charge in [-0.2, -0.15) is 0 Å². The Morgan fingerprint density at radius 1 is 1.56 bits per heavy atom. The lowest BCUT2D eigenvalue weighted by Gasteiger charge is -2.24.